The van der Waals surface area contributed by atoms with Crippen molar-refractivity contribution in [1.29, 1.82) is 0 Å². The normalized spacial score (nSPS) is 13.0. The Kier molecular flexibility index (Phi) is 5.32. The highest BCUT2D eigenvalue weighted by molar-refractivity contribution is 7.17. The van der Waals surface area contributed by atoms with Crippen LogP contribution in [0.15, 0.2) is 36.7 Å². The van der Waals surface area contributed by atoms with E-state index in [2.05, 4.69) is 20.6 Å². The van der Waals surface area contributed by atoms with E-state index < -0.39 is 17.6 Å². The molecule has 4 N–H and O–H groups in total. The van der Waals surface area contributed by atoms with E-state index in [4.69, 9.17) is 10.5 Å². The molecule has 30 heavy (non-hydrogen) atoms. The van der Waals surface area contributed by atoms with Gasteiger partial charge in [-0.05, 0) is 49.6 Å². The molecule has 0 spiro atoms. The molecule has 0 unspecified atom stereocenters. The topological polar surface area (TPSA) is 119 Å². The van der Waals surface area contributed by atoms with Crippen LogP contribution in [0.25, 0.3) is 0 Å². The fourth-order valence-corrected chi connectivity index (χ4v) is 3.22. The van der Waals surface area contributed by atoms with Gasteiger partial charge in [0.05, 0.1) is 24.1 Å². The quantitative estimate of drug-likeness (QED) is 0.553. The molecule has 3 aromatic rings. The van der Waals surface area contributed by atoms with E-state index in [1.165, 1.54) is 24.5 Å². The summed E-state index contributed by atoms with van der Waals surface area (Å²) >= 11 is 1.03. The molecule has 1 aliphatic rings. The molecule has 8 nitrogen and oxygen atoms in total. The number of nitrogens with one attached hydrogen (secondary N) is 2. The molecule has 2 heterocycles. The Bertz CT molecular complexity index is 1110. The van der Waals surface area contributed by atoms with Crippen molar-refractivity contribution in [1.82, 2.24) is 9.97 Å². The summed E-state index contributed by atoms with van der Waals surface area (Å²) in [4.78, 5) is 33.2. The number of carbonyl (C=O) groups excluding carboxylic acids is 2. The van der Waals surface area contributed by atoms with E-state index in [1.807, 2.05) is 0 Å². The van der Waals surface area contributed by atoms with Crippen molar-refractivity contribution in [2.24, 2.45) is 0 Å². The number of carbonyl (C=O) groups is 2. The SMILES string of the molecule is Cc1cc(F)c(C(=O)Nc2ccc(OC3CC3)cn2)cc1NC(=O)c1cnc(N)s1. The maximum absolute atomic E-state index is 14.4. The van der Waals surface area contributed by atoms with Gasteiger partial charge >= 0.3 is 0 Å². The summed E-state index contributed by atoms with van der Waals surface area (Å²) in [5.41, 5.74) is 6.09. The summed E-state index contributed by atoms with van der Waals surface area (Å²) in [6.45, 7) is 1.63. The van der Waals surface area contributed by atoms with Crippen molar-refractivity contribution < 1.29 is 18.7 Å². The first-order valence-corrected chi connectivity index (χ1v) is 9.97. The molecule has 10 heteroatoms. The van der Waals surface area contributed by atoms with Crippen LogP contribution in [0.4, 0.5) is 21.0 Å². The van der Waals surface area contributed by atoms with Crippen molar-refractivity contribution >= 4 is 39.8 Å². The van der Waals surface area contributed by atoms with Gasteiger partial charge < -0.3 is 21.1 Å². The summed E-state index contributed by atoms with van der Waals surface area (Å²) < 4.78 is 20.0. The first-order chi connectivity index (χ1) is 14.4. The van der Waals surface area contributed by atoms with Crippen LogP contribution in [0.5, 0.6) is 5.75 Å². The van der Waals surface area contributed by atoms with Crippen LogP contribution in [0, 0.1) is 12.7 Å². The van der Waals surface area contributed by atoms with Crippen LogP contribution in [0.3, 0.4) is 0 Å². The minimum Gasteiger partial charge on any atom is -0.489 e. The highest BCUT2D eigenvalue weighted by Crippen LogP contribution is 2.27. The Morgan fingerprint density at radius 2 is 1.97 bits per heavy atom. The number of nitrogens with two attached hydrogens (primary N) is 1. The first-order valence-electron chi connectivity index (χ1n) is 9.16. The van der Waals surface area contributed by atoms with Crippen LogP contribution in [-0.4, -0.2) is 27.9 Å². The second kappa shape index (κ2) is 8.07. The number of hydrogen-bond donors (Lipinski definition) is 3. The van der Waals surface area contributed by atoms with Gasteiger partial charge in [-0.3, -0.25) is 9.59 Å². The minimum atomic E-state index is -0.710. The number of anilines is 3. The summed E-state index contributed by atoms with van der Waals surface area (Å²) in [5.74, 6) is -0.968. The van der Waals surface area contributed by atoms with Gasteiger partial charge in [-0.25, -0.2) is 14.4 Å². The zero-order chi connectivity index (χ0) is 21.3. The number of hydrogen-bond acceptors (Lipinski definition) is 7. The highest BCUT2D eigenvalue weighted by atomic mass is 32.1. The van der Waals surface area contributed by atoms with E-state index in [0.29, 0.717) is 21.9 Å². The van der Waals surface area contributed by atoms with Crippen molar-refractivity contribution in [2.75, 3.05) is 16.4 Å². The first kappa shape index (κ1) is 19.8. The Labute approximate surface area is 175 Å². The number of thiazole rings is 1. The van der Waals surface area contributed by atoms with E-state index >= 15 is 0 Å². The average Bonchev–Trinajstić information content (AvgIpc) is 3.42. The second-order valence-corrected chi connectivity index (χ2v) is 7.88. The molecule has 0 radical (unpaired) electrons. The molecule has 0 bridgehead atoms. The summed E-state index contributed by atoms with van der Waals surface area (Å²) in [7, 11) is 0. The number of amides is 2. The third kappa shape index (κ3) is 4.54. The molecule has 1 saturated carbocycles. The van der Waals surface area contributed by atoms with E-state index in [9.17, 15) is 14.0 Å². The average molecular weight is 427 g/mol. The number of aromatic nitrogens is 2. The van der Waals surface area contributed by atoms with Crippen molar-refractivity contribution in [3.63, 3.8) is 0 Å². The Hall–Kier alpha value is -3.53. The van der Waals surface area contributed by atoms with E-state index in [0.717, 1.165) is 24.2 Å². The molecule has 2 amide bonds. The highest BCUT2D eigenvalue weighted by Gasteiger charge is 2.23. The van der Waals surface area contributed by atoms with Gasteiger partial charge in [0.15, 0.2) is 5.13 Å². The number of benzene rings is 1. The van der Waals surface area contributed by atoms with Crippen LogP contribution >= 0.6 is 11.3 Å². The predicted octanol–water partition coefficient (Wildman–Crippen LogP) is 3.61. The van der Waals surface area contributed by atoms with Gasteiger partial charge in [0.25, 0.3) is 11.8 Å². The lowest BCUT2D eigenvalue weighted by molar-refractivity contribution is 0.101. The monoisotopic (exact) mass is 427 g/mol. The number of nitrogens with zero attached hydrogens (tertiary/aromatic N) is 2. The molecule has 1 fully saturated rings. The molecular weight excluding hydrogens is 409 g/mol. The molecular formula is C20H18FN5O3S. The largest absolute Gasteiger partial charge is 0.489 e. The van der Waals surface area contributed by atoms with Gasteiger partial charge in [0.2, 0.25) is 0 Å². The number of nitrogen functional groups attached to an aromatic ring is 1. The Morgan fingerprint density at radius 1 is 1.17 bits per heavy atom. The van der Waals surface area contributed by atoms with Crippen molar-refractivity contribution in [3.05, 3.63) is 58.5 Å². The maximum atomic E-state index is 14.4. The fourth-order valence-electron chi connectivity index (χ4n) is 2.64. The number of ether oxygens (including phenoxy) is 1. The Morgan fingerprint density at radius 3 is 2.60 bits per heavy atom. The van der Waals surface area contributed by atoms with Gasteiger partial charge in [0, 0.05) is 5.69 Å². The molecule has 2 aromatic heterocycles. The molecule has 0 aliphatic heterocycles. The number of aryl methyl sites for hydroxylation is 1. The van der Waals surface area contributed by atoms with Crippen LogP contribution in [0.2, 0.25) is 0 Å². The third-order valence-electron chi connectivity index (χ3n) is 4.36. The molecule has 1 aliphatic carbocycles. The van der Waals surface area contributed by atoms with Crippen LogP contribution in [-0.2, 0) is 0 Å². The van der Waals surface area contributed by atoms with Gasteiger partial charge in [-0.1, -0.05) is 11.3 Å². The maximum Gasteiger partial charge on any atom is 0.267 e. The standard InChI is InChI=1S/C20H18FN5O3S/c1-10-6-14(21)13(7-15(10)25-19(28)16-9-24-20(22)30-16)18(27)26-17-5-4-12(8-23-17)29-11-2-3-11/h4-9,11H,2-3H2,1H3,(H2,22,24)(H,25,28)(H,23,26,27). The smallest absolute Gasteiger partial charge is 0.267 e. The fraction of sp³-hybridized carbons (Fsp3) is 0.200. The molecule has 0 saturated heterocycles. The van der Waals surface area contributed by atoms with Crippen molar-refractivity contribution in [3.8, 4) is 5.75 Å². The number of halogens is 1. The minimum absolute atomic E-state index is 0.222. The lowest BCUT2D eigenvalue weighted by atomic mass is 10.1. The van der Waals surface area contributed by atoms with E-state index in [1.54, 1.807) is 19.1 Å². The van der Waals surface area contributed by atoms with E-state index in [-0.39, 0.29) is 22.6 Å². The molecule has 1 aromatic carbocycles. The van der Waals surface area contributed by atoms with Crippen LogP contribution in [0.1, 0.15) is 38.4 Å². The van der Waals surface area contributed by atoms with Gasteiger partial charge in [0.1, 0.15) is 22.3 Å². The van der Waals surface area contributed by atoms with Gasteiger partial charge in [-0.2, -0.15) is 0 Å². The van der Waals surface area contributed by atoms with Crippen LogP contribution < -0.4 is 21.1 Å². The molecule has 154 valence electrons. The van der Waals surface area contributed by atoms with Gasteiger partial charge in [-0.15, -0.1) is 0 Å². The summed E-state index contributed by atoms with van der Waals surface area (Å²) in [6.07, 6.45) is 5.15. The summed E-state index contributed by atoms with van der Waals surface area (Å²) in [5, 5.41) is 5.46. The van der Waals surface area contributed by atoms with Crippen molar-refractivity contribution in [2.45, 2.75) is 25.9 Å². The third-order valence-corrected chi connectivity index (χ3v) is 5.18. The lowest BCUT2D eigenvalue weighted by Gasteiger charge is -2.12. The number of pyridine rings is 1. The predicted molar refractivity (Wildman–Crippen MR) is 111 cm³/mol. The lowest BCUT2D eigenvalue weighted by Crippen LogP contribution is -2.17. The molecule has 4 rings (SSSR count). The molecule has 0 atom stereocenters. The summed E-state index contributed by atoms with van der Waals surface area (Å²) in [6, 6.07) is 5.75. The number of rotatable bonds is 6. The zero-order valence-corrected chi connectivity index (χ0v) is 16.8. The zero-order valence-electron chi connectivity index (χ0n) is 15.9. The second-order valence-electron chi connectivity index (χ2n) is 6.81. The Balaban J connectivity index is 1.49.